The number of amides is 1. The molecule has 182 valence electrons. The van der Waals surface area contributed by atoms with Crippen molar-refractivity contribution in [3.05, 3.63) is 105 Å². The highest BCUT2D eigenvalue weighted by molar-refractivity contribution is 7.92. The molecule has 1 saturated heterocycles. The highest BCUT2D eigenvalue weighted by Gasteiger charge is 2.33. The molecule has 0 bridgehead atoms. The van der Waals surface area contributed by atoms with Crippen molar-refractivity contribution in [2.24, 2.45) is 0 Å². The molecule has 1 unspecified atom stereocenters. The standard InChI is InChI=1S/C26H25Cl2N3O3S/c27-22-17-23(28)19-24(18-22)29-26(32)25(21-9-5-2-6-10-21)30-12-14-31(15-13-30)35(33,34)16-11-20-7-3-1-4-8-20/h1-11,16-19,25H,12-15H2,(H,29,32)/b16-11+. The van der Waals surface area contributed by atoms with Crippen LogP contribution in [0.1, 0.15) is 17.2 Å². The summed E-state index contributed by atoms with van der Waals surface area (Å²) in [6.45, 7) is 1.37. The molecule has 1 fully saturated rings. The summed E-state index contributed by atoms with van der Waals surface area (Å²) in [5.74, 6) is -0.241. The number of anilines is 1. The van der Waals surface area contributed by atoms with Crippen LogP contribution in [0.15, 0.2) is 84.3 Å². The minimum atomic E-state index is -3.58. The molecule has 3 aromatic rings. The molecule has 0 spiro atoms. The van der Waals surface area contributed by atoms with Gasteiger partial charge >= 0.3 is 0 Å². The highest BCUT2D eigenvalue weighted by atomic mass is 35.5. The molecular formula is C26H25Cl2N3O3S. The van der Waals surface area contributed by atoms with Crippen LogP contribution in [-0.4, -0.2) is 49.7 Å². The van der Waals surface area contributed by atoms with Crippen molar-refractivity contribution in [1.82, 2.24) is 9.21 Å². The van der Waals surface area contributed by atoms with Crippen molar-refractivity contribution in [3.63, 3.8) is 0 Å². The highest BCUT2D eigenvalue weighted by Crippen LogP contribution is 2.27. The molecule has 1 amide bonds. The smallest absolute Gasteiger partial charge is 0.246 e. The fraction of sp³-hybridized carbons (Fsp3) is 0.192. The maximum Gasteiger partial charge on any atom is 0.246 e. The molecule has 1 heterocycles. The number of carbonyl (C=O) groups excluding carboxylic acids is 1. The van der Waals surface area contributed by atoms with Gasteiger partial charge in [-0.25, -0.2) is 8.42 Å². The van der Waals surface area contributed by atoms with Crippen LogP contribution < -0.4 is 5.32 Å². The van der Waals surface area contributed by atoms with Gasteiger partial charge in [0.2, 0.25) is 15.9 Å². The van der Waals surface area contributed by atoms with E-state index >= 15 is 0 Å². The lowest BCUT2D eigenvalue weighted by Gasteiger charge is -2.37. The van der Waals surface area contributed by atoms with Crippen molar-refractivity contribution in [1.29, 1.82) is 0 Å². The monoisotopic (exact) mass is 529 g/mol. The third kappa shape index (κ3) is 6.72. The van der Waals surface area contributed by atoms with Gasteiger partial charge in [-0.3, -0.25) is 9.69 Å². The van der Waals surface area contributed by atoms with E-state index in [-0.39, 0.29) is 19.0 Å². The van der Waals surface area contributed by atoms with E-state index < -0.39 is 16.1 Å². The van der Waals surface area contributed by atoms with Crippen LogP contribution in [0.3, 0.4) is 0 Å². The first-order chi connectivity index (χ1) is 16.8. The molecule has 0 saturated carbocycles. The lowest BCUT2D eigenvalue weighted by atomic mass is 10.0. The maximum absolute atomic E-state index is 13.4. The van der Waals surface area contributed by atoms with Crippen molar-refractivity contribution < 1.29 is 13.2 Å². The minimum absolute atomic E-state index is 0.241. The molecule has 1 aliphatic rings. The van der Waals surface area contributed by atoms with Crippen molar-refractivity contribution in [2.75, 3.05) is 31.5 Å². The molecule has 1 N–H and O–H groups in total. The first kappa shape index (κ1) is 25.4. The van der Waals surface area contributed by atoms with Gasteiger partial charge in [-0.2, -0.15) is 4.31 Å². The first-order valence-corrected chi connectivity index (χ1v) is 13.4. The van der Waals surface area contributed by atoms with Crippen molar-refractivity contribution in [3.8, 4) is 0 Å². The molecule has 35 heavy (non-hydrogen) atoms. The average molecular weight is 530 g/mol. The summed E-state index contributed by atoms with van der Waals surface area (Å²) in [7, 11) is -3.58. The number of nitrogens with zero attached hydrogens (tertiary/aromatic N) is 2. The van der Waals surface area contributed by atoms with E-state index in [1.54, 1.807) is 24.3 Å². The number of hydrogen-bond acceptors (Lipinski definition) is 4. The largest absolute Gasteiger partial charge is 0.324 e. The van der Waals surface area contributed by atoms with Gasteiger partial charge in [0.05, 0.1) is 0 Å². The summed E-state index contributed by atoms with van der Waals surface area (Å²) >= 11 is 12.2. The quantitative estimate of drug-likeness (QED) is 0.451. The molecular weight excluding hydrogens is 505 g/mol. The molecule has 1 aliphatic heterocycles. The molecule has 1 atom stereocenters. The minimum Gasteiger partial charge on any atom is -0.324 e. The Labute approximate surface area is 215 Å². The summed E-state index contributed by atoms with van der Waals surface area (Å²) < 4.78 is 27.2. The summed E-state index contributed by atoms with van der Waals surface area (Å²) in [6.07, 6.45) is 1.60. The maximum atomic E-state index is 13.4. The third-order valence-corrected chi connectivity index (χ3v) is 7.73. The Kier molecular flexibility index (Phi) is 8.26. The van der Waals surface area contributed by atoms with E-state index in [9.17, 15) is 13.2 Å². The van der Waals surface area contributed by atoms with Gasteiger partial charge in [-0.1, -0.05) is 83.9 Å². The van der Waals surface area contributed by atoms with Gasteiger partial charge in [0.25, 0.3) is 0 Å². The van der Waals surface area contributed by atoms with E-state index in [1.165, 1.54) is 9.71 Å². The predicted molar refractivity (Wildman–Crippen MR) is 142 cm³/mol. The van der Waals surface area contributed by atoms with Gasteiger partial charge in [-0.05, 0) is 35.4 Å². The molecule has 3 aromatic carbocycles. The first-order valence-electron chi connectivity index (χ1n) is 11.1. The third-order valence-electron chi connectivity index (χ3n) is 5.72. The SMILES string of the molecule is O=C(Nc1cc(Cl)cc(Cl)c1)C(c1ccccc1)N1CCN(S(=O)(=O)/C=C/c2ccccc2)CC1. The van der Waals surface area contributed by atoms with Crippen molar-refractivity contribution >= 4 is 50.9 Å². The number of sulfonamides is 1. The van der Waals surface area contributed by atoms with Crippen molar-refractivity contribution in [2.45, 2.75) is 6.04 Å². The van der Waals surface area contributed by atoms with E-state index in [1.807, 2.05) is 65.6 Å². The van der Waals surface area contributed by atoms with E-state index in [0.717, 1.165) is 11.1 Å². The Hall–Kier alpha value is -2.68. The van der Waals surface area contributed by atoms with E-state index in [4.69, 9.17) is 23.2 Å². The van der Waals surface area contributed by atoms with E-state index in [0.29, 0.717) is 28.8 Å². The van der Waals surface area contributed by atoms with Crippen LogP contribution in [0.5, 0.6) is 0 Å². The van der Waals surface area contributed by atoms with Gasteiger partial charge in [-0.15, -0.1) is 0 Å². The van der Waals surface area contributed by atoms with Crippen LogP contribution in [0.2, 0.25) is 10.0 Å². The molecule has 0 aliphatic carbocycles. The topological polar surface area (TPSA) is 69.7 Å². The summed E-state index contributed by atoms with van der Waals surface area (Å²) in [6, 6.07) is 23.0. The number of nitrogens with one attached hydrogen (secondary N) is 1. The van der Waals surface area contributed by atoms with Gasteiger partial charge in [0, 0.05) is 47.3 Å². The van der Waals surface area contributed by atoms with Crippen LogP contribution in [0, 0.1) is 0 Å². The summed E-state index contributed by atoms with van der Waals surface area (Å²) in [5, 5.41) is 4.99. The second-order valence-electron chi connectivity index (χ2n) is 8.15. The second kappa shape index (κ2) is 11.4. The molecule has 9 heteroatoms. The molecule has 0 aromatic heterocycles. The van der Waals surface area contributed by atoms with Crippen LogP contribution in [0.4, 0.5) is 5.69 Å². The van der Waals surface area contributed by atoms with Crippen LogP contribution >= 0.6 is 23.2 Å². The Bertz CT molecular complexity index is 1270. The van der Waals surface area contributed by atoms with Gasteiger partial charge < -0.3 is 5.32 Å². The fourth-order valence-electron chi connectivity index (χ4n) is 4.03. The summed E-state index contributed by atoms with van der Waals surface area (Å²) in [4.78, 5) is 15.4. The number of benzene rings is 3. The van der Waals surface area contributed by atoms with Crippen LogP contribution in [0.25, 0.3) is 6.08 Å². The fourth-order valence-corrected chi connectivity index (χ4v) is 5.73. The Morgan fingerprint density at radius 3 is 2.03 bits per heavy atom. The van der Waals surface area contributed by atoms with Gasteiger partial charge in [0.15, 0.2) is 0 Å². The zero-order valence-corrected chi connectivity index (χ0v) is 21.2. The summed E-state index contributed by atoms with van der Waals surface area (Å²) in [5.41, 5.74) is 2.13. The Morgan fingerprint density at radius 2 is 1.43 bits per heavy atom. The second-order valence-corrected chi connectivity index (χ2v) is 10.8. The normalized spacial score (nSPS) is 16.3. The Morgan fingerprint density at radius 1 is 0.857 bits per heavy atom. The number of piperazine rings is 1. The molecule has 4 rings (SSSR count). The van der Waals surface area contributed by atoms with Gasteiger partial charge in [0.1, 0.15) is 6.04 Å². The zero-order valence-electron chi connectivity index (χ0n) is 18.8. The molecule has 6 nitrogen and oxygen atoms in total. The predicted octanol–water partition coefficient (Wildman–Crippen LogP) is 5.29. The Balaban J connectivity index is 1.49. The van der Waals surface area contributed by atoms with E-state index in [2.05, 4.69) is 5.32 Å². The molecule has 0 radical (unpaired) electrons. The lowest BCUT2D eigenvalue weighted by molar-refractivity contribution is -0.122. The number of hydrogen-bond donors (Lipinski definition) is 1. The number of rotatable bonds is 7. The van der Waals surface area contributed by atoms with Crippen LogP contribution in [-0.2, 0) is 14.8 Å². The number of carbonyl (C=O) groups is 1. The number of halogens is 2. The average Bonchev–Trinajstić information content (AvgIpc) is 2.84. The zero-order chi connectivity index (χ0) is 24.8. The lowest BCUT2D eigenvalue weighted by Crippen LogP contribution is -2.51.